The van der Waals surface area contributed by atoms with Gasteiger partial charge in [-0.05, 0) is 31.2 Å². The third-order valence-electron chi connectivity index (χ3n) is 5.85. The van der Waals surface area contributed by atoms with E-state index < -0.39 is 6.04 Å². The first-order chi connectivity index (χ1) is 18.0. The number of hydrogen-bond acceptors (Lipinski definition) is 9. The fourth-order valence-corrected chi connectivity index (χ4v) is 4.12. The lowest BCUT2D eigenvalue weighted by Gasteiger charge is -2.21. The Balaban J connectivity index is 1.74. The number of nitrogen functional groups attached to an aromatic ring is 1. The maximum atomic E-state index is 14.2. The first-order valence-electron chi connectivity index (χ1n) is 11.4. The fourth-order valence-electron chi connectivity index (χ4n) is 4.12. The van der Waals surface area contributed by atoms with Crippen molar-refractivity contribution >= 4 is 22.7 Å². The van der Waals surface area contributed by atoms with Gasteiger partial charge in [-0.1, -0.05) is 30.3 Å². The summed E-state index contributed by atoms with van der Waals surface area (Å²) >= 11 is 0. The molecular formula is C27H22N8O2. The van der Waals surface area contributed by atoms with Crippen LogP contribution in [0.4, 0.5) is 11.8 Å². The molecule has 0 amide bonds. The van der Waals surface area contributed by atoms with E-state index in [0.717, 1.165) is 0 Å². The number of hydrogen-bond donors (Lipinski definition) is 2. The number of nitrogens with zero attached hydrogens (tertiary/aromatic N) is 6. The Hall–Kier alpha value is -5.30. The van der Waals surface area contributed by atoms with Crippen molar-refractivity contribution in [3.8, 4) is 28.8 Å². The second kappa shape index (κ2) is 9.75. The number of nitrogens with one attached hydrogen (secondary N) is 1. The number of nitrogens with two attached hydrogens (primary N) is 1. The molecule has 0 fully saturated rings. The van der Waals surface area contributed by atoms with Gasteiger partial charge in [-0.3, -0.25) is 14.3 Å². The average molecular weight is 491 g/mol. The molecule has 0 unspecified atom stereocenters. The molecule has 0 aliphatic heterocycles. The highest BCUT2D eigenvalue weighted by Gasteiger charge is 2.22. The summed E-state index contributed by atoms with van der Waals surface area (Å²) in [5, 5.41) is 13.1. The van der Waals surface area contributed by atoms with Crippen LogP contribution >= 0.6 is 0 Å². The van der Waals surface area contributed by atoms with Crippen molar-refractivity contribution in [2.45, 2.75) is 13.0 Å². The molecule has 0 saturated heterocycles. The highest BCUT2D eigenvalue weighted by molar-refractivity contribution is 5.93. The molecule has 0 bridgehead atoms. The second-order valence-corrected chi connectivity index (χ2v) is 8.20. The number of para-hydroxylation sites is 1. The minimum absolute atomic E-state index is 0.0241. The molecular weight excluding hydrogens is 468 g/mol. The first kappa shape index (κ1) is 23.4. The van der Waals surface area contributed by atoms with Crippen LogP contribution in [0, 0.1) is 11.3 Å². The molecule has 182 valence electrons. The molecule has 5 rings (SSSR count). The zero-order valence-corrected chi connectivity index (χ0v) is 20.1. The number of methoxy groups -OCH3 is 1. The zero-order valence-electron chi connectivity index (χ0n) is 20.1. The number of pyridine rings is 1. The van der Waals surface area contributed by atoms with Crippen molar-refractivity contribution in [2.75, 3.05) is 18.2 Å². The molecule has 3 N–H and O–H groups in total. The number of ether oxygens (including phenoxy) is 1. The van der Waals surface area contributed by atoms with Crippen LogP contribution in [0.15, 0.2) is 77.9 Å². The SMILES string of the molecule is COc1ccnc(-c2cccc3nc([C@H](C)Nc4nc(N)ncc4C#N)n(-c4ccccc4)c(=O)c23)c1. The summed E-state index contributed by atoms with van der Waals surface area (Å²) in [4.78, 5) is 31.6. The molecule has 3 aromatic heterocycles. The van der Waals surface area contributed by atoms with Crippen LogP contribution in [0.3, 0.4) is 0 Å². The van der Waals surface area contributed by atoms with Crippen LogP contribution in [0.1, 0.15) is 24.4 Å². The third-order valence-corrected chi connectivity index (χ3v) is 5.85. The summed E-state index contributed by atoms with van der Waals surface area (Å²) in [5.41, 5.74) is 8.09. The van der Waals surface area contributed by atoms with E-state index in [9.17, 15) is 10.1 Å². The number of nitriles is 1. The lowest BCUT2D eigenvalue weighted by molar-refractivity contribution is 0.414. The lowest BCUT2D eigenvalue weighted by atomic mass is 10.0. The van der Waals surface area contributed by atoms with E-state index >= 15 is 0 Å². The van der Waals surface area contributed by atoms with E-state index in [4.69, 9.17) is 15.5 Å². The maximum Gasteiger partial charge on any atom is 0.266 e. The lowest BCUT2D eigenvalue weighted by Crippen LogP contribution is -2.28. The van der Waals surface area contributed by atoms with Gasteiger partial charge in [0.15, 0.2) is 0 Å². The van der Waals surface area contributed by atoms with E-state index in [1.54, 1.807) is 36.1 Å². The summed E-state index contributed by atoms with van der Waals surface area (Å²) in [6, 6.07) is 19.7. The molecule has 1 atom stereocenters. The fraction of sp³-hybridized carbons (Fsp3) is 0.111. The van der Waals surface area contributed by atoms with Gasteiger partial charge < -0.3 is 15.8 Å². The Kier molecular flexibility index (Phi) is 6.18. The number of anilines is 2. The molecule has 0 aliphatic carbocycles. The summed E-state index contributed by atoms with van der Waals surface area (Å²) in [7, 11) is 1.58. The van der Waals surface area contributed by atoms with Gasteiger partial charge in [0.2, 0.25) is 5.95 Å². The predicted octanol–water partition coefficient (Wildman–Crippen LogP) is 3.87. The highest BCUT2D eigenvalue weighted by atomic mass is 16.5. The van der Waals surface area contributed by atoms with Crippen LogP contribution in [-0.4, -0.2) is 31.6 Å². The molecule has 5 aromatic rings. The standard InChI is InChI=1S/C27H22N8O2/c1-16(32-24-17(14-28)15-31-27(29)34-24)25-33-21-10-6-9-20(22-13-19(37-2)11-12-30-22)23(21)26(36)35(25)18-7-4-3-5-8-18/h3-13,15-16H,1-2H3,(H3,29,31,32,34)/t16-/m0/s1. The van der Waals surface area contributed by atoms with E-state index in [2.05, 4.69) is 26.3 Å². The zero-order chi connectivity index (χ0) is 25.9. The Morgan fingerprint density at radius 1 is 1.08 bits per heavy atom. The van der Waals surface area contributed by atoms with Crippen molar-refractivity contribution in [3.05, 3.63) is 94.8 Å². The number of aromatic nitrogens is 5. The molecule has 0 spiro atoms. The topological polar surface area (TPSA) is 145 Å². The van der Waals surface area contributed by atoms with Gasteiger partial charge in [0.05, 0.1) is 41.6 Å². The average Bonchev–Trinajstić information content (AvgIpc) is 2.93. The summed E-state index contributed by atoms with van der Waals surface area (Å²) in [6.45, 7) is 1.83. The van der Waals surface area contributed by atoms with Gasteiger partial charge in [0.1, 0.15) is 29.0 Å². The van der Waals surface area contributed by atoms with Crippen LogP contribution in [0.25, 0.3) is 27.8 Å². The van der Waals surface area contributed by atoms with E-state index in [1.807, 2.05) is 49.4 Å². The molecule has 0 saturated carbocycles. The Morgan fingerprint density at radius 3 is 2.65 bits per heavy atom. The molecule has 37 heavy (non-hydrogen) atoms. The summed E-state index contributed by atoms with van der Waals surface area (Å²) in [6.07, 6.45) is 2.99. The third kappa shape index (κ3) is 4.41. The van der Waals surface area contributed by atoms with Crippen LogP contribution in [0.2, 0.25) is 0 Å². The number of benzene rings is 2. The van der Waals surface area contributed by atoms with Crippen molar-refractivity contribution in [1.82, 2.24) is 24.5 Å². The Labute approximate surface area is 212 Å². The van der Waals surface area contributed by atoms with Gasteiger partial charge in [-0.2, -0.15) is 10.2 Å². The molecule has 2 aromatic carbocycles. The van der Waals surface area contributed by atoms with Gasteiger partial charge in [-0.25, -0.2) is 9.97 Å². The first-order valence-corrected chi connectivity index (χ1v) is 11.4. The van der Waals surface area contributed by atoms with Crippen molar-refractivity contribution < 1.29 is 4.74 Å². The monoisotopic (exact) mass is 490 g/mol. The summed E-state index contributed by atoms with van der Waals surface area (Å²) < 4.78 is 6.91. The number of rotatable bonds is 6. The Bertz CT molecular complexity index is 1710. The predicted molar refractivity (Wildman–Crippen MR) is 140 cm³/mol. The molecule has 10 heteroatoms. The van der Waals surface area contributed by atoms with E-state index in [1.165, 1.54) is 6.20 Å². The van der Waals surface area contributed by atoms with Gasteiger partial charge in [0, 0.05) is 17.8 Å². The number of fused-ring (bicyclic) bond motifs is 1. The smallest absolute Gasteiger partial charge is 0.266 e. The van der Waals surface area contributed by atoms with Gasteiger partial charge >= 0.3 is 0 Å². The van der Waals surface area contributed by atoms with E-state index in [0.29, 0.717) is 39.4 Å². The highest BCUT2D eigenvalue weighted by Crippen LogP contribution is 2.29. The van der Waals surface area contributed by atoms with Crippen LogP contribution in [-0.2, 0) is 0 Å². The largest absolute Gasteiger partial charge is 0.497 e. The van der Waals surface area contributed by atoms with Crippen molar-refractivity contribution in [2.24, 2.45) is 0 Å². The molecule has 3 heterocycles. The maximum absolute atomic E-state index is 14.2. The second-order valence-electron chi connectivity index (χ2n) is 8.20. The molecule has 0 aliphatic rings. The molecule has 10 nitrogen and oxygen atoms in total. The summed E-state index contributed by atoms with van der Waals surface area (Å²) in [5.74, 6) is 1.34. The Morgan fingerprint density at radius 2 is 1.89 bits per heavy atom. The van der Waals surface area contributed by atoms with Gasteiger partial charge in [-0.15, -0.1) is 0 Å². The van der Waals surface area contributed by atoms with Crippen molar-refractivity contribution in [1.29, 1.82) is 5.26 Å². The van der Waals surface area contributed by atoms with Crippen LogP contribution in [0.5, 0.6) is 5.75 Å². The normalized spacial score (nSPS) is 11.6. The van der Waals surface area contributed by atoms with Crippen LogP contribution < -0.4 is 21.3 Å². The van der Waals surface area contributed by atoms with E-state index in [-0.39, 0.29) is 22.9 Å². The van der Waals surface area contributed by atoms with Crippen molar-refractivity contribution in [3.63, 3.8) is 0 Å². The molecule has 0 radical (unpaired) electrons. The van der Waals surface area contributed by atoms with Gasteiger partial charge in [0.25, 0.3) is 5.56 Å². The quantitative estimate of drug-likeness (QED) is 0.362. The minimum atomic E-state index is -0.530. The minimum Gasteiger partial charge on any atom is -0.497 e.